The highest BCUT2D eigenvalue weighted by molar-refractivity contribution is 5.97. The molecule has 0 amide bonds. The van der Waals surface area contributed by atoms with E-state index in [1.54, 1.807) is 18.0 Å². The van der Waals surface area contributed by atoms with Gasteiger partial charge in [-0.15, -0.1) is 0 Å². The molecule has 0 aromatic carbocycles. The van der Waals surface area contributed by atoms with Crippen LogP contribution in [-0.2, 0) is 11.3 Å². The number of methoxy groups -OCH3 is 1. The lowest BCUT2D eigenvalue weighted by Crippen LogP contribution is -2.21. The Labute approximate surface area is 120 Å². The summed E-state index contributed by atoms with van der Waals surface area (Å²) in [5, 5.41) is 4.24. The van der Waals surface area contributed by atoms with Crippen LogP contribution in [0.4, 0.5) is 0 Å². The summed E-state index contributed by atoms with van der Waals surface area (Å²) in [4.78, 5) is 14.4. The second-order valence-corrected chi connectivity index (χ2v) is 4.81. The van der Waals surface area contributed by atoms with E-state index in [4.69, 9.17) is 9.47 Å². The molecule has 1 aromatic rings. The number of carbonyl (C=O) groups excluding carboxylic acids is 1. The lowest BCUT2D eigenvalue weighted by molar-refractivity contribution is 0.0933. The van der Waals surface area contributed by atoms with Crippen LogP contribution in [0.1, 0.15) is 30.3 Å². The van der Waals surface area contributed by atoms with E-state index in [1.165, 1.54) is 0 Å². The number of Topliss-reactive ketones (excluding diaryl/α,β-unsaturated/α-hetero) is 1. The highest BCUT2D eigenvalue weighted by Gasteiger charge is 2.18. The third-order valence-corrected chi connectivity index (χ3v) is 2.95. The molecular formula is C14H25N3O3. The zero-order valence-corrected chi connectivity index (χ0v) is 12.9. The summed E-state index contributed by atoms with van der Waals surface area (Å²) >= 11 is 0. The van der Waals surface area contributed by atoms with E-state index in [0.717, 1.165) is 6.54 Å². The van der Waals surface area contributed by atoms with Crippen molar-refractivity contribution in [3.05, 3.63) is 11.9 Å². The summed E-state index contributed by atoms with van der Waals surface area (Å²) in [6, 6.07) is 0. The van der Waals surface area contributed by atoms with Gasteiger partial charge in [0.25, 0.3) is 0 Å². The van der Waals surface area contributed by atoms with Crippen molar-refractivity contribution in [2.24, 2.45) is 0 Å². The summed E-state index contributed by atoms with van der Waals surface area (Å²) in [7, 11) is 5.54. The van der Waals surface area contributed by atoms with Gasteiger partial charge in [0.15, 0.2) is 11.5 Å². The SMILES string of the molecule is CCOCCCC(=O)c1c(OC)cnn1CCN(C)C. The van der Waals surface area contributed by atoms with E-state index in [0.29, 0.717) is 44.0 Å². The monoisotopic (exact) mass is 283 g/mol. The predicted octanol–water partition coefficient (Wildman–Crippen LogP) is 1.45. The quantitative estimate of drug-likeness (QED) is 0.480. The lowest BCUT2D eigenvalue weighted by atomic mass is 10.1. The van der Waals surface area contributed by atoms with E-state index in [-0.39, 0.29) is 5.78 Å². The number of ketones is 1. The van der Waals surface area contributed by atoms with E-state index in [9.17, 15) is 4.79 Å². The largest absolute Gasteiger partial charge is 0.493 e. The van der Waals surface area contributed by atoms with Gasteiger partial charge in [-0.1, -0.05) is 0 Å². The molecule has 20 heavy (non-hydrogen) atoms. The summed E-state index contributed by atoms with van der Waals surface area (Å²) in [5.41, 5.74) is 0.561. The van der Waals surface area contributed by atoms with Gasteiger partial charge in [-0.05, 0) is 27.4 Å². The second-order valence-electron chi connectivity index (χ2n) is 4.81. The molecule has 0 N–H and O–H groups in total. The Morgan fingerprint density at radius 2 is 2.20 bits per heavy atom. The molecule has 1 aromatic heterocycles. The molecule has 1 rings (SSSR count). The average molecular weight is 283 g/mol. The molecule has 0 bridgehead atoms. The van der Waals surface area contributed by atoms with Gasteiger partial charge in [0.2, 0.25) is 0 Å². The van der Waals surface area contributed by atoms with E-state index < -0.39 is 0 Å². The number of likely N-dealkylation sites (N-methyl/N-ethyl adjacent to an activating group) is 1. The second kappa shape index (κ2) is 8.71. The molecule has 114 valence electrons. The Bertz CT molecular complexity index is 416. The van der Waals surface area contributed by atoms with Crippen LogP contribution in [0.2, 0.25) is 0 Å². The molecule has 0 unspecified atom stereocenters. The Balaban J connectivity index is 2.69. The fraction of sp³-hybridized carbons (Fsp3) is 0.714. The van der Waals surface area contributed by atoms with Crippen LogP contribution in [0.25, 0.3) is 0 Å². The number of carbonyl (C=O) groups is 1. The number of rotatable bonds is 10. The first kappa shape index (κ1) is 16.7. The van der Waals surface area contributed by atoms with Crippen molar-refractivity contribution in [1.82, 2.24) is 14.7 Å². The highest BCUT2D eigenvalue weighted by Crippen LogP contribution is 2.20. The molecule has 6 heteroatoms. The van der Waals surface area contributed by atoms with Crippen molar-refractivity contribution in [3.8, 4) is 5.75 Å². The fourth-order valence-electron chi connectivity index (χ4n) is 1.86. The van der Waals surface area contributed by atoms with Crippen LogP contribution in [-0.4, -0.2) is 61.4 Å². The van der Waals surface area contributed by atoms with Crippen LogP contribution >= 0.6 is 0 Å². The van der Waals surface area contributed by atoms with Gasteiger partial charge in [-0.2, -0.15) is 5.10 Å². The van der Waals surface area contributed by atoms with Crippen LogP contribution in [0.15, 0.2) is 6.20 Å². The first-order valence-electron chi connectivity index (χ1n) is 6.95. The minimum Gasteiger partial charge on any atom is -0.493 e. The van der Waals surface area contributed by atoms with Crippen molar-refractivity contribution < 1.29 is 14.3 Å². The Hall–Kier alpha value is -1.40. The van der Waals surface area contributed by atoms with Gasteiger partial charge in [-0.25, -0.2) is 0 Å². The standard InChI is InChI=1S/C14H25N3O3/c1-5-20-10-6-7-12(18)14-13(19-4)11-15-17(14)9-8-16(2)3/h11H,5-10H2,1-4H3. The number of aromatic nitrogens is 2. The van der Waals surface area contributed by atoms with Crippen molar-refractivity contribution in [3.63, 3.8) is 0 Å². The number of hydrogen-bond acceptors (Lipinski definition) is 5. The van der Waals surface area contributed by atoms with Gasteiger partial charge in [0.1, 0.15) is 5.69 Å². The summed E-state index contributed by atoms with van der Waals surface area (Å²) in [6.45, 7) is 4.72. The minimum atomic E-state index is 0.0535. The maximum atomic E-state index is 12.3. The van der Waals surface area contributed by atoms with Crippen molar-refractivity contribution in [2.45, 2.75) is 26.3 Å². The van der Waals surface area contributed by atoms with Crippen molar-refractivity contribution in [2.75, 3.05) is 41.0 Å². The van der Waals surface area contributed by atoms with Crippen LogP contribution in [0.3, 0.4) is 0 Å². The van der Waals surface area contributed by atoms with Gasteiger partial charge in [0, 0.05) is 26.2 Å². The molecule has 0 atom stereocenters. The number of hydrogen-bond donors (Lipinski definition) is 0. The van der Waals surface area contributed by atoms with Crippen molar-refractivity contribution in [1.29, 1.82) is 0 Å². The van der Waals surface area contributed by atoms with Gasteiger partial charge >= 0.3 is 0 Å². The molecule has 0 spiro atoms. The Morgan fingerprint density at radius 3 is 2.80 bits per heavy atom. The molecule has 0 radical (unpaired) electrons. The predicted molar refractivity (Wildman–Crippen MR) is 77.4 cm³/mol. The first-order chi connectivity index (χ1) is 9.60. The topological polar surface area (TPSA) is 56.6 Å². The molecule has 0 saturated carbocycles. The molecule has 0 aliphatic carbocycles. The molecule has 0 fully saturated rings. The molecule has 6 nitrogen and oxygen atoms in total. The van der Waals surface area contributed by atoms with Crippen LogP contribution in [0.5, 0.6) is 5.75 Å². The molecule has 0 aliphatic rings. The van der Waals surface area contributed by atoms with Crippen LogP contribution in [0, 0.1) is 0 Å². The zero-order chi connectivity index (χ0) is 15.0. The molecule has 0 aliphatic heterocycles. The van der Waals surface area contributed by atoms with Crippen molar-refractivity contribution >= 4 is 5.78 Å². The first-order valence-corrected chi connectivity index (χ1v) is 6.95. The van der Waals surface area contributed by atoms with Gasteiger partial charge < -0.3 is 14.4 Å². The smallest absolute Gasteiger partial charge is 0.184 e. The molecular weight excluding hydrogens is 258 g/mol. The Kier molecular flexibility index (Phi) is 7.25. The van der Waals surface area contributed by atoms with Crippen LogP contribution < -0.4 is 4.74 Å². The van der Waals surface area contributed by atoms with E-state index in [2.05, 4.69) is 10.00 Å². The summed E-state index contributed by atoms with van der Waals surface area (Å²) < 4.78 is 12.2. The molecule has 0 saturated heterocycles. The number of ether oxygens (including phenoxy) is 2. The zero-order valence-electron chi connectivity index (χ0n) is 12.9. The third-order valence-electron chi connectivity index (χ3n) is 2.95. The Morgan fingerprint density at radius 1 is 1.45 bits per heavy atom. The maximum Gasteiger partial charge on any atom is 0.184 e. The lowest BCUT2D eigenvalue weighted by Gasteiger charge is -2.12. The van der Waals surface area contributed by atoms with E-state index >= 15 is 0 Å². The summed E-state index contributed by atoms with van der Waals surface area (Å²) in [6.07, 6.45) is 2.77. The summed E-state index contributed by atoms with van der Waals surface area (Å²) in [5.74, 6) is 0.600. The third kappa shape index (κ3) is 4.94. The minimum absolute atomic E-state index is 0.0535. The fourth-order valence-corrected chi connectivity index (χ4v) is 1.86. The maximum absolute atomic E-state index is 12.3. The number of nitrogens with zero attached hydrogens (tertiary/aromatic N) is 3. The normalized spacial score (nSPS) is 11.1. The highest BCUT2D eigenvalue weighted by atomic mass is 16.5. The van der Waals surface area contributed by atoms with Gasteiger partial charge in [0.05, 0.1) is 19.9 Å². The molecule has 1 heterocycles. The average Bonchev–Trinajstić information content (AvgIpc) is 2.84. The van der Waals surface area contributed by atoms with Gasteiger partial charge in [-0.3, -0.25) is 9.48 Å². The van der Waals surface area contributed by atoms with E-state index in [1.807, 2.05) is 21.0 Å².